The summed E-state index contributed by atoms with van der Waals surface area (Å²) in [5.41, 5.74) is 0.583. The van der Waals surface area contributed by atoms with Crippen LogP contribution >= 0.6 is 0 Å². The van der Waals surface area contributed by atoms with Crippen LogP contribution in [0.1, 0.15) is 10.4 Å². The van der Waals surface area contributed by atoms with Crippen LogP contribution < -0.4 is 4.74 Å². The summed E-state index contributed by atoms with van der Waals surface area (Å²) in [5.74, 6) is 0.572. The average Bonchev–Trinajstić information content (AvgIpc) is 2.15. The number of ether oxygens (including phenoxy) is 2. The Hall–Kier alpha value is -1.35. The van der Waals surface area contributed by atoms with Gasteiger partial charge in [-0.2, -0.15) is 0 Å². The van der Waals surface area contributed by atoms with Gasteiger partial charge in [-0.25, -0.2) is 0 Å². The quantitative estimate of drug-likeness (QED) is 0.498. The Morgan fingerprint density at radius 2 is 2.42 bits per heavy atom. The van der Waals surface area contributed by atoms with Crippen molar-refractivity contribution in [3.63, 3.8) is 0 Å². The molecule has 0 aliphatic carbocycles. The van der Waals surface area contributed by atoms with Crippen molar-refractivity contribution < 1.29 is 14.3 Å². The smallest absolute Gasteiger partial charge is 0.188 e. The standard InChI is InChI=1S/C9H9O3/c1-11-7-12-9-4-2-8(6-10)3-5-9/h2-4,6H,7H2,1H3. The average molecular weight is 165 g/mol. The van der Waals surface area contributed by atoms with Crippen molar-refractivity contribution in [2.45, 2.75) is 0 Å². The van der Waals surface area contributed by atoms with Gasteiger partial charge >= 0.3 is 0 Å². The highest BCUT2D eigenvalue weighted by Crippen LogP contribution is 2.09. The number of carbonyl (C=O) groups excluding carboxylic acids is 1. The molecule has 0 bridgehead atoms. The predicted molar refractivity (Wildman–Crippen MR) is 43.2 cm³/mol. The van der Waals surface area contributed by atoms with E-state index in [4.69, 9.17) is 9.47 Å². The third-order valence-electron chi connectivity index (χ3n) is 1.28. The van der Waals surface area contributed by atoms with Crippen LogP contribution in [-0.4, -0.2) is 20.2 Å². The fourth-order valence-electron chi connectivity index (χ4n) is 0.708. The van der Waals surface area contributed by atoms with E-state index >= 15 is 0 Å². The summed E-state index contributed by atoms with van der Waals surface area (Å²) >= 11 is 0. The number of benzene rings is 1. The van der Waals surface area contributed by atoms with Gasteiger partial charge in [0.1, 0.15) is 12.0 Å². The number of hydrogen-bond donors (Lipinski definition) is 0. The van der Waals surface area contributed by atoms with Gasteiger partial charge in [0.2, 0.25) is 0 Å². The number of rotatable bonds is 4. The first-order valence-corrected chi connectivity index (χ1v) is 3.45. The molecule has 1 aromatic carbocycles. The number of methoxy groups -OCH3 is 1. The molecule has 0 aliphatic rings. The highest BCUT2D eigenvalue weighted by atomic mass is 16.7. The van der Waals surface area contributed by atoms with Gasteiger partial charge in [-0.15, -0.1) is 0 Å². The summed E-state index contributed by atoms with van der Waals surface area (Å²) in [6.45, 7) is 0.191. The molecule has 0 fully saturated rings. The molecule has 0 aliphatic heterocycles. The van der Waals surface area contributed by atoms with E-state index < -0.39 is 0 Å². The summed E-state index contributed by atoms with van der Waals surface area (Å²) in [6, 6.07) is 7.69. The molecule has 3 heteroatoms. The van der Waals surface area contributed by atoms with Crippen LogP contribution in [0.15, 0.2) is 18.2 Å². The molecule has 0 atom stereocenters. The molecule has 63 valence electrons. The second kappa shape index (κ2) is 4.51. The molecule has 12 heavy (non-hydrogen) atoms. The minimum atomic E-state index is 0.191. The number of aldehydes is 1. The maximum atomic E-state index is 10.2. The molecule has 0 amide bonds. The molecule has 0 aromatic heterocycles. The van der Waals surface area contributed by atoms with Crippen molar-refractivity contribution in [3.05, 3.63) is 29.8 Å². The number of hydrogen-bond acceptors (Lipinski definition) is 3. The van der Waals surface area contributed by atoms with Gasteiger partial charge in [-0.05, 0) is 18.2 Å². The van der Waals surface area contributed by atoms with Crippen molar-refractivity contribution >= 4 is 6.29 Å². The Kier molecular flexibility index (Phi) is 3.29. The Morgan fingerprint density at radius 1 is 1.58 bits per heavy atom. The van der Waals surface area contributed by atoms with Gasteiger partial charge in [0.05, 0.1) is 0 Å². The summed E-state index contributed by atoms with van der Waals surface area (Å²) in [4.78, 5) is 10.2. The van der Waals surface area contributed by atoms with E-state index in [9.17, 15) is 4.79 Å². The monoisotopic (exact) mass is 165 g/mol. The Morgan fingerprint density at radius 3 is 2.92 bits per heavy atom. The first-order chi connectivity index (χ1) is 5.86. The van der Waals surface area contributed by atoms with E-state index in [-0.39, 0.29) is 6.79 Å². The van der Waals surface area contributed by atoms with Crippen LogP contribution in [0.4, 0.5) is 0 Å². The first kappa shape index (κ1) is 8.74. The second-order valence-electron chi connectivity index (χ2n) is 2.15. The van der Waals surface area contributed by atoms with E-state index in [1.165, 1.54) is 0 Å². The normalized spacial score (nSPS) is 9.42. The lowest BCUT2D eigenvalue weighted by Crippen LogP contribution is -1.98. The van der Waals surface area contributed by atoms with Gasteiger partial charge in [-0.1, -0.05) is 0 Å². The number of carbonyl (C=O) groups is 1. The molecule has 1 radical (unpaired) electrons. The van der Waals surface area contributed by atoms with Gasteiger partial charge in [0.25, 0.3) is 0 Å². The molecule has 0 spiro atoms. The van der Waals surface area contributed by atoms with E-state index in [0.29, 0.717) is 11.3 Å². The van der Waals surface area contributed by atoms with Gasteiger partial charge in [0.15, 0.2) is 6.79 Å². The summed E-state index contributed by atoms with van der Waals surface area (Å²) < 4.78 is 9.75. The van der Waals surface area contributed by atoms with E-state index in [0.717, 1.165) is 6.29 Å². The highest BCUT2D eigenvalue weighted by Gasteiger charge is 1.93. The van der Waals surface area contributed by atoms with Crippen molar-refractivity contribution in [2.75, 3.05) is 13.9 Å². The third kappa shape index (κ3) is 2.36. The molecule has 3 nitrogen and oxygen atoms in total. The lowest BCUT2D eigenvalue weighted by Gasteiger charge is -2.02. The fourth-order valence-corrected chi connectivity index (χ4v) is 0.708. The summed E-state index contributed by atoms with van der Waals surface area (Å²) in [7, 11) is 1.54. The SMILES string of the molecule is COCOc1[c]cc(C=O)cc1. The molecule has 0 heterocycles. The molecule has 1 aromatic rings. The maximum absolute atomic E-state index is 10.2. The van der Waals surface area contributed by atoms with Crippen LogP contribution in [0.25, 0.3) is 0 Å². The molecular weight excluding hydrogens is 156 g/mol. The van der Waals surface area contributed by atoms with E-state index in [1.54, 1.807) is 25.3 Å². The maximum Gasteiger partial charge on any atom is 0.188 e. The summed E-state index contributed by atoms with van der Waals surface area (Å²) in [5, 5.41) is 0. The molecule has 0 N–H and O–H groups in total. The third-order valence-corrected chi connectivity index (χ3v) is 1.28. The Bertz CT molecular complexity index is 240. The van der Waals surface area contributed by atoms with Gasteiger partial charge < -0.3 is 9.47 Å². The van der Waals surface area contributed by atoms with Gasteiger partial charge in [0, 0.05) is 18.7 Å². The lowest BCUT2D eigenvalue weighted by molar-refractivity contribution is 0.0509. The van der Waals surface area contributed by atoms with E-state index in [1.807, 2.05) is 0 Å². The molecule has 1 rings (SSSR count). The molecular formula is C9H9O3. The topological polar surface area (TPSA) is 35.5 Å². The van der Waals surface area contributed by atoms with Gasteiger partial charge in [-0.3, -0.25) is 4.79 Å². The second-order valence-corrected chi connectivity index (χ2v) is 2.15. The Balaban J connectivity index is 2.58. The van der Waals surface area contributed by atoms with Crippen LogP contribution in [0.5, 0.6) is 5.75 Å². The lowest BCUT2D eigenvalue weighted by atomic mass is 10.2. The fraction of sp³-hybridized carbons (Fsp3) is 0.222. The summed E-state index contributed by atoms with van der Waals surface area (Å²) in [6.07, 6.45) is 0.761. The highest BCUT2D eigenvalue weighted by molar-refractivity contribution is 5.74. The van der Waals surface area contributed by atoms with Crippen molar-refractivity contribution in [1.29, 1.82) is 0 Å². The zero-order valence-corrected chi connectivity index (χ0v) is 6.74. The minimum Gasteiger partial charge on any atom is -0.467 e. The van der Waals surface area contributed by atoms with Crippen molar-refractivity contribution in [2.24, 2.45) is 0 Å². The van der Waals surface area contributed by atoms with Crippen LogP contribution in [-0.2, 0) is 4.74 Å². The first-order valence-electron chi connectivity index (χ1n) is 3.45. The van der Waals surface area contributed by atoms with Crippen LogP contribution in [0.3, 0.4) is 0 Å². The largest absolute Gasteiger partial charge is 0.467 e. The van der Waals surface area contributed by atoms with Crippen LogP contribution in [0, 0.1) is 6.07 Å². The van der Waals surface area contributed by atoms with Crippen molar-refractivity contribution in [3.8, 4) is 5.75 Å². The molecule has 0 saturated carbocycles. The predicted octanol–water partition coefficient (Wildman–Crippen LogP) is 1.28. The van der Waals surface area contributed by atoms with Crippen molar-refractivity contribution in [1.82, 2.24) is 0 Å². The molecule has 0 saturated heterocycles. The zero-order chi connectivity index (χ0) is 8.81. The molecule has 0 unspecified atom stereocenters. The van der Waals surface area contributed by atoms with Crippen LogP contribution in [0.2, 0.25) is 0 Å². The zero-order valence-electron chi connectivity index (χ0n) is 6.74. The minimum absolute atomic E-state index is 0.191. The van der Waals surface area contributed by atoms with E-state index in [2.05, 4.69) is 6.07 Å². The Labute approximate surface area is 70.9 Å².